The van der Waals surface area contributed by atoms with Crippen LogP contribution in [0.3, 0.4) is 0 Å². The summed E-state index contributed by atoms with van der Waals surface area (Å²) < 4.78 is 26.7. The van der Waals surface area contributed by atoms with E-state index in [4.69, 9.17) is 0 Å². The van der Waals surface area contributed by atoms with E-state index >= 15 is 0 Å². The SMILES string of the molecule is CC1(C)[C@@H]2CC[C@]13CS(=O)(=O)N(C(=O)[C@@H](O)c1ccccc1)[C@@H]3C2. The van der Waals surface area contributed by atoms with Crippen molar-refractivity contribution in [3.63, 3.8) is 0 Å². The van der Waals surface area contributed by atoms with Gasteiger partial charge in [0.15, 0.2) is 6.10 Å². The van der Waals surface area contributed by atoms with Crippen LogP contribution in [0.2, 0.25) is 0 Å². The largest absolute Gasteiger partial charge is 0.378 e. The molecule has 2 aliphatic carbocycles. The Balaban J connectivity index is 1.73. The Kier molecular flexibility index (Phi) is 3.23. The maximum atomic E-state index is 12.9. The fraction of sp³-hybridized carbons (Fsp3) is 0.611. The van der Waals surface area contributed by atoms with E-state index in [1.807, 2.05) is 0 Å². The molecule has 0 aromatic heterocycles. The van der Waals surface area contributed by atoms with E-state index in [1.54, 1.807) is 30.3 Å². The smallest absolute Gasteiger partial charge is 0.269 e. The monoisotopic (exact) mass is 349 g/mol. The summed E-state index contributed by atoms with van der Waals surface area (Å²) in [6.07, 6.45) is 1.17. The summed E-state index contributed by atoms with van der Waals surface area (Å²) in [5, 5.41) is 10.4. The summed E-state index contributed by atoms with van der Waals surface area (Å²) in [6, 6.07) is 8.24. The second kappa shape index (κ2) is 4.82. The van der Waals surface area contributed by atoms with Gasteiger partial charge in [-0.05, 0) is 36.2 Å². The number of aliphatic hydroxyl groups is 1. The van der Waals surface area contributed by atoms with Crippen molar-refractivity contribution in [1.82, 2.24) is 4.31 Å². The molecular weight excluding hydrogens is 326 g/mol. The Labute approximate surface area is 142 Å². The van der Waals surface area contributed by atoms with E-state index in [2.05, 4.69) is 13.8 Å². The first-order valence-corrected chi connectivity index (χ1v) is 10.1. The number of sulfonamides is 1. The van der Waals surface area contributed by atoms with Crippen LogP contribution in [0.5, 0.6) is 0 Å². The van der Waals surface area contributed by atoms with Crippen molar-refractivity contribution in [1.29, 1.82) is 0 Å². The minimum Gasteiger partial charge on any atom is -0.378 e. The molecule has 6 heteroatoms. The van der Waals surface area contributed by atoms with Gasteiger partial charge in [-0.3, -0.25) is 4.79 Å². The number of amides is 1. The molecule has 3 aliphatic rings. The van der Waals surface area contributed by atoms with Crippen LogP contribution in [0, 0.1) is 16.7 Å². The molecule has 1 saturated heterocycles. The number of carbonyl (C=O) groups is 1. The predicted octanol–water partition coefficient (Wildman–Crippen LogP) is 2.09. The number of rotatable bonds is 2. The molecule has 4 atom stereocenters. The highest BCUT2D eigenvalue weighted by Gasteiger charge is 2.72. The third-order valence-electron chi connectivity index (χ3n) is 6.98. The minimum absolute atomic E-state index is 0.0292. The zero-order valence-electron chi connectivity index (χ0n) is 14.0. The second-order valence-corrected chi connectivity index (χ2v) is 9.91. The Morgan fingerprint density at radius 1 is 1.29 bits per heavy atom. The van der Waals surface area contributed by atoms with E-state index in [0.29, 0.717) is 11.5 Å². The fourth-order valence-electron chi connectivity index (χ4n) is 5.48. The van der Waals surface area contributed by atoms with E-state index in [0.717, 1.165) is 23.6 Å². The van der Waals surface area contributed by atoms with Gasteiger partial charge in [0, 0.05) is 5.41 Å². The quantitative estimate of drug-likeness (QED) is 0.887. The summed E-state index contributed by atoms with van der Waals surface area (Å²) in [5.41, 5.74) is -0.0129. The summed E-state index contributed by atoms with van der Waals surface area (Å²) >= 11 is 0. The third kappa shape index (κ3) is 1.84. The normalized spacial score (nSPS) is 36.5. The molecule has 5 nitrogen and oxygen atoms in total. The number of nitrogens with zero attached hydrogens (tertiary/aromatic N) is 1. The number of carbonyl (C=O) groups excluding carboxylic acids is 1. The van der Waals surface area contributed by atoms with Crippen LogP contribution >= 0.6 is 0 Å². The van der Waals surface area contributed by atoms with Crippen LogP contribution < -0.4 is 0 Å². The van der Waals surface area contributed by atoms with Crippen molar-refractivity contribution in [2.75, 3.05) is 5.75 Å². The van der Waals surface area contributed by atoms with E-state index in [9.17, 15) is 18.3 Å². The Bertz CT molecular complexity index is 788. The van der Waals surface area contributed by atoms with Crippen molar-refractivity contribution >= 4 is 15.9 Å². The lowest BCUT2D eigenvalue weighted by atomic mass is 9.69. The summed E-state index contributed by atoms with van der Waals surface area (Å²) in [4.78, 5) is 12.9. The first-order chi connectivity index (χ1) is 11.2. The van der Waals surface area contributed by atoms with Gasteiger partial charge in [-0.25, -0.2) is 12.7 Å². The van der Waals surface area contributed by atoms with Gasteiger partial charge < -0.3 is 5.11 Å². The Hall–Kier alpha value is -1.40. The van der Waals surface area contributed by atoms with Crippen LogP contribution in [0.1, 0.15) is 44.8 Å². The first-order valence-electron chi connectivity index (χ1n) is 8.50. The fourth-order valence-corrected chi connectivity index (χ4v) is 8.03. The molecule has 1 aliphatic heterocycles. The van der Waals surface area contributed by atoms with E-state index in [-0.39, 0.29) is 22.6 Å². The van der Waals surface area contributed by atoms with Gasteiger partial charge in [-0.15, -0.1) is 0 Å². The molecular formula is C18H23NO4S. The standard InChI is InChI=1S/C18H23NO4S/c1-17(2)13-8-9-18(17)11-24(22,23)19(14(18)10-13)16(21)15(20)12-6-4-3-5-7-12/h3-7,13-15,20H,8-11H2,1-2H3/t13-,14-,15+,18-/m1/s1. The molecule has 1 heterocycles. The number of fused-ring (bicyclic) bond motifs is 1. The molecule has 130 valence electrons. The Morgan fingerprint density at radius 2 is 1.96 bits per heavy atom. The lowest BCUT2D eigenvalue weighted by Crippen LogP contribution is -2.45. The minimum atomic E-state index is -3.69. The first kappa shape index (κ1) is 16.1. The lowest BCUT2D eigenvalue weighted by molar-refractivity contribution is -0.138. The van der Waals surface area contributed by atoms with Gasteiger partial charge in [0.05, 0.1) is 11.8 Å². The maximum Gasteiger partial charge on any atom is 0.269 e. The molecule has 1 aromatic carbocycles. The maximum absolute atomic E-state index is 12.9. The zero-order valence-corrected chi connectivity index (χ0v) is 14.8. The van der Waals surface area contributed by atoms with Crippen LogP contribution in [-0.4, -0.2) is 35.5 Å². The highest BCUT2D eigenvalue weighted by molar-refractivity contribution is 7.90. The summed E-state index contributed by atoms with van der Waals surface area (Å²) in [7, 11) is -3.69. The average Bonchev–Trinajstić information content (AvgIpc) is 3.01. The number of benzene rings is 1. The van der Waals surface area contributed by atoms with Crippen molar-refractivity contribution in [3.05, 3.63) is 35.9 Å². The molecule has 3 fully saturated rings. The van der Waals surface area contributed by atoms with Crippen LogP contribution in [0.4, 0.5) is 0 Å². The molecule has 1 spiro atoms. The highest BCUT2D eigenvalue weighted by atomic mass is 32.2. The van der Waals surface area contributed by atoms with E-state index < -0.39 is 22.0 Å². The van der Waals surface area contributed by atoms with Gasteiger partial charge in [0.1, 0.15) is 0 Å². The zero-order chi connectivity index (χ0) is 17.3. The predicted molar refractivity (Wildman–Crippen MR) is 89.4 cm³/mol. The summed E-state index contributed by atoms with van der Waals surface area (Å²) in [5.74, 6) is -0.227. The van der Waals surface area contributed by atoms with Gasteiger partial charge in [0.25, 0.3) is 5.91 Å². The van der Waals surface area contributed by atoms with E-state index in [1.165, 1.54) is 0 Å². The lowest BCUT2D eigenvalue weighted by Gasteiger charge is -2.37. The third-order valence-corrected chi connectivity index (χ3v) is 8.89. The molecule has 2 bridgehead atoms. The number of hydrogen-bond acceptors (Lipinski definition) is 4. The number of aliphatic hydroxyl groups excluding tert-OH is 1. The number of hydrogen-bond donors (Lipinski definition) is 1. The van der Waals surface area contributed by atoms with Crippen molar-refractivity contribution in [2.24, 2.45) is 16.7 Å². The molecule has 4 rings (SSSR count). The van der Waals surface area contributed by atoms with Crippen molar-refractivity contribution in [3.8, 4) is 0 Å². The van der Waals surface area contributed by atoms with Gasteiger partial charge >= 0.3 is 0 Å². The topological polar surface area (TPSA) is 74.7 Å². The van der Waals surface area contributed by atoms with Crippen molar-refractivity contribution < 1.29 is 18.3 Å². The second-order valence-electron chi connectivity index (χ2n) is 8.07. The summed E-state index contributed by atoms with van der Waals surface area (Å²) in [6.45, 7) is 4.28. The highest BCUT2D eigenvalue weighted by Crippen LogP contribution is 2.70. The van der Waals surface area contributed by atoms with Crippen molar-refractivity contribution in [2.45, 2.75) is 45.3 Å². The molecule has 2 saturated carbocycles. The molecule has 1 amide bonds. The van der Waals surface area contributed by atoms with Gasteiger partial charge in [0.2, 0.25) is 10.0 Å². The van der Waals surface area contributed by atoms with Gasteiger partial charge in [-0.1, -0.05) is 44.2 Å². The molecule has 0 unspecified atom stereocenters. The average molecular weight is 349 g/mol. The molecule has 1 N–H and O–H groups in total. The Morgan fingerprint density at radius 3 is 2.58 bits per heavy atom. The van der Waals surface area contributed by atoms with Crippen LogP contribution in [0.25, 0.3) is 0 Å². The molecule has 0 radical (unpaired) electrons. The van der Waals surface area contributed by atoms with Gasteiger partial charge in [-0.2, -0.15) is 0 Å². The molecule has 24 heavy (non-hydrogen) atoms. The molecule has 1 aromatic rings. The van der Waals surface area contributed by atoms with Crippen LogP contribution in [0.15, 0.2) is 30.3 Å². The van der Waals surface area contributed by atoms with Crippen LogP contribution in [-0.2, 0) is 14.8 Å².